The number of hydrogen-bond acceptors (Lipinski definition) is 7. The van der Waals surface area contributed by atoms with Gasteiger partial charge in [-0.15, -0.1) is 0 Å². The number of hydrogen-bond donors (Lipinski definition) is 3. The Balaban J connectivity index is 1.91. The first-order valence-electron chi connectivity index (χ1n) is 6.87. The molecule has 0 saturated carbocycles. The summed E-state index contributed by atoms with van der Waals surface area (Å²) in [5.41, 5.74) is 0.317. The number of non-ortho nitro benzene ring substituents is 1. The van der Waals surface area contributed by atoms with Gasteiger partial charge in [-0.1, -0.05) is 0 Å². The highest BCUT2D eigenvalue weighted by Crippen LogP contribution is 2.21. The first kappa shape index (κ1) is 16.7. The van der Waals surface area contributed by atoms with Gasteiger partial charge in [-0.2, -0.15) is 5.26 Å². The lowest BCUT2D eigenvalue weighted by Gasteiger charge is -2.09. The molecule has 0 bridgehead atoms. The number of benzene rings is 1. The van der Waals surface area contributed by atoms with E-state index in [1.807, 2.05) is 6.07 Å². The van der Waals surface area contributed by atoms with E-state index in [1.54, 1.807) is 0 Å². The molecule has 9 heteroatoms. The molecule has 0 fully saturated rings. The maximum Gasteiger partial charge on any atom is 0.273 e. The monoisotopic (exact) mass is 327 g/mol. The van der Waals surface area contributed by atoms with Gasteiger partial charge in [-0.05, 0) is 18.2 Å². The highest BCUT2D eigenvalue weighted by Gasteiger charge is 2.12. The number of aromatic hydroxyl groups is 1. The number of nitrogens with one attached hydrogen (secondary N) is 2. The third-order valence-corrected chi connectivity index (χ3v) is 3.06. The molecule has 24 heavy (non-hydrogen) atoms. The molecule has 0 spiro atoms. The molecule has 1 heterocycles. The van der Waals surface area contributed by atoms with E-state index >= 15 is 0 Å². The summed E-state index contributed by atoms with van der Waals surface area (Å²) in [6, 6.07) is 8.63. The van der Waals surface area contributed by atoms with Gasteiger partial charge in [0.15, 0.2) is 5.69 Å². The van der Waals surface area contributed by atoms with Gasteiger partial charge in [0.1, 0.15) is 11.8 Å². The Labute approximate surface area is 136 Å². The van der Waals surface area contributed by atoms with Gasteiger partial charge in [0.25, 0.3) is 11.6 Å². The van der Waals surface area contributed by atoms with Crippen LogP contribution in [-0.4, -0.2) is 34.0 Å². The van der Waals surface area contributed by atoms with E-state index in [0.29, 0.717) is 5.69 Å². The number of nitro groups is 1. The molecule has 1 aromatic carbocycles. The summed E-state index contributed by atoms with van der Waals surface area (Å²) >= 11 is 0. The van der Waals surface area contributed by atoms with Crippen LogP contribution in [-0.2, 0) is 0 Å². The van der Waals surface area contributed by atoms with Crippen molar-refractivity contribution in [2.24, 2.45) is 0 Å². The number of nitrogens with zero attached hydrogens (tertiary/aromatic N) is 3. The molecule has 2 aromatic rings. The smallest absolute Gasteiger partial charge is 0.273 e. The number of amides is 1. The number of pyridine rings is 1. The van der Waals surface area contributed by atoms with Crippen LogP contribution in [0.15, 0.2) is 36.5 Å². The Hall–Kier alpha value is -3.67. The maximum absolute atomic E-state index is 11.8. The molecule has 0 aliphatic carbocycles. The molecule has 1 amide bonds. The highest BCUT2D eigenvalue weighted by molar-refractivity contribution is 5.94. The van der Waals surface area contributed by atoms with Crippen molar-refractivity contribution in [3.05, 3.63) is 57.9 Å². The molecule has 0 saturated heterocycles. The lowest BCUT2D eigenvalue weighted by Crippen LogP contribution is -2.29. The number of rotatable bonds is 6. The summed E-state index contributed by atoms with van der Waals surface area (Å²) in [7, 11) is 0. The summed E-state index contributed by atoms with van der Waals surface area (Å²) < 4.78 is 0. The molecule has 0 atom stereocenters. The minimum absolute atomic E-state index is 0.0782. The number of carbonyl (C=O) groups excluding carboxylic acids is 1. The van der Waals surface area contributed by atoms with E-state index in [0.717, 1.165) is 0 Å². The third kappa shape index (κ3) is 3.95. The number of nitro benzene ring substituents is 1. The Morgan fingerprint density at radius 1 is 1.38 bits per heavy atom. The van der Waals surface area contributed by atoms with Gasteiger partial charge in [-0.25, -0.2) is 4.98 Å². The van der Waals surface area contributed by atoms with Crippen molar-refractivity contribution >= 4 is 17.3 Å². The second kappa shape index (κ2) is 7.55. The highest BCUT2D eigenvalue weighted by atomic mass is 16.6. The van der Waals surface area contributed by atoms with Crippen LogP contribution in [0.1, 0.15) is 16.1 Å². The molecular weight excluding hydrogens is 314 g/mol. The van der Waals surface area contributed by atoms with Gasteiger partial charge in [-0.3, -0.25) is 14.9 Å². The average molecular weight is 327 g/mol. The zero-order valence-electron chi connectivity index (χ0n) is 12.4. The number of carbonyl (C=O) groups is 1. The second-order valence-corrected chi connectivity index (χ2v) is 4.65. The minimum atomic E-state index is -0.579. The first-order valence-corrected chi connectivity index (χ1v) is 6.87. The Morgan fingerprint density at radius 2 is 2.17 bits per heavy atom. The van der Waals surface area contributed by atoms with Gasteiger partial charge in [0, 0.05) is 31.4 Å². The lowest BCUT2D eigenvalue weighted by molar-refractivity contribution is -0.384. The van der Waals surface area contributed by atoms with Crippen LogP contribution < -0.4 is 10.6 Å². The maximum atomic E-state index is 11.8. The Kier molecular flexibility index (Phi) is 5.25. The summed E-state index contributed by atoms with van der Waals surface area (Å²) in [5, 5.41) is 34.7. The van der Waals surface area contributed by atoms with Crippen LogP contribution in [0, 0.1) is 21.4 Å². The van der Waals surface area contributed by atoms with Crippen LogP contribution >= 0.6 is 0 Å². The SMILES string of the molecule is N#Cc1cc([N+](=O)[O-])ccc1NCCNC(=O)c1ncccc1O. The predicted octanol–water partition coefficient (Wildman–Crippen LogP) is 1.41. The van der Waals surface area contributed by atoms with Crippen LogP contribution in [0.5, 0.6) is 5.75 Å². The largest absolute Gasteiger partial charge is 0.505 e. The summed E-state index contributed by atoms with van der Waals surface area (Å²) in [6.45, 7) is 0.489. The van der Waals surface area contributed by atoms with E-state index in [4.69, 9.17) is 5.26 Å². The van der Waals surface area contributed by atoms with Crippen molar-refractivity contribution in [1.82, 2.24) is 10.3 Å². The van der Waals surface area contributed by atoms with Crippen molar-refractivity contribution < 1.29 is 14.8 Å². The Bertz CT molecular complexity index is 816. The topological polar surface area (TPSA) is 141 Å². The van der Waals surface area contributed by atoms with E-state index in [9.17, 15) is 20.0 Å². The molecule has 9 nitrogen and oxygen atoms in total. The Morgan fingerprint density at radius 3 is 2.83 bits per heavy atom. The quantitative estimate of drug-likeness (QED) is 0.413. The van der Waals surface area contributed by atoms with Gasteiger partial charge < -0.3 is 15.7 Å². The summed E-state index contributed by atoms with van der Waals surface area (Å²) in [6.07, 6.45) is 1.39. The van der Waals surface area contributed by atoms with Crippen molar-refractivity contribution in [1.29, 1.82) is 5.26 Å². The summed E-state index contributed by atoms with van der Waals surface area (Å²) in [5.74, 6) is -0.746. The molecule has 1 aromatic heterocycles. The van der Waals surface area contributed by atoms with Gasteiger partial charge in [0.05, 0.1) is 16.2 Å². The lowest BCUT2D eigenvalue weighted by atomic mass is 10.1. The van der Waals surface area contributed by atoms with E-state index in [-0.39, 0.29) is 35.8 Å². The van der Waals surface area contributed by atoms with Crippen molar-refractivity contribution in [2.45, 2.75) is 0 Å². The number of anilines is 1. The third-order valence-electron chi connectivity index (χ3n) is 3.06. The summed E-state index contributed by atoms with van der Waals surface area (Å²) in [4.78, 5) is 25.7. The zero-order chi connectivity index (χ0) is 17.5. The normalized spacial score (nSPS) is 9.79. The predicted molar refractivity (Wildman–Crippen MR) is 84.5 cm³/mol. The number of aromatic nitrogens is 1. The average Bonchev–Trinajstić information content (AvgIpc) is 2.58. The fourth-order valence-electron chi connectivity index (χ4n) is 1.92. The molecule has 0 unspecified atom stereocenters. The molecular formula is C15H13N5O4. The molecule has 2 rings (SSSR count). The van der Waals surface area contributed by atoms with E-state index < -0.39 is 10.8 Å². The first-order chi connectivity index (χ1) is 11.5. The second-order valence-electron chi connectivity index (χ2n) is 4.65. The number of nitriles is 1. The fraction of sp³-hybridized carbons (Fsp3) is 0.133. The van der Waals surface area contributed by atoms with Crippen molar-refractivity contribution in [3.63, 3.8) is 0 Å². The fourth-order valence-corrected chi connectivity index (χ4v) is 1.92. The molecule has 3 N–H and O–H groups in total. The van der Waals surface area contributed by atoms with E-state index in [1.165, 1.54) is 36.5 Å². The van der Waals surface area contributed by atoms with Gasteiger partial charge in [0.2, 0.25) is 0 Å². The van der Waals surface area contributed by atoms with Crippen molar-refractivity contribution in [3.8, 4) is 11.8 Å². The van der Waals surface area contributed by atoms with Crippen LogP contribution in [0.3, 0.4) is 0 Å². The zero-order valence-corrected chi connectivity index (χ0v) is 12.4. The molecule has 122 valence electrons. The van der Waals surface area contributed by atoms with Gasteiger partial charge >= 0.3 is 0 Å². The van der Waals surface area contributed by atoms with Crippen LogP contribution in [0.25, 0.3) is 0 Å². The molecule has 0 aliphatic heterocycles. The molecule has 0 aliphatic rings. The van der Waals surface area contributed by atoms with Crippen molar-refractivity contribution in [2.75, 3.05) is 18.4 Å². The van der Waals surface area contributed by atoms with E-state index in [2.05, 4.69) is 15.6 Å². The van der Waals surface area contributed by atoms with Crippen LogP contribution in [0.2, 0.25) is 0 Å². The standard InChI is InChI=1S/C15H13N5O4/c16-9-10-8-11(20(23)24)3-4-12(10)17-6-7-19-15(22)14-13(21)2-1-5-18-14/h1-5,8,17,21H,6-7H2,(H,19,22). The van der Waals surface area contributed by atoms with Crippen LogP contribution in [0.4, 0.5) is 11.4 Å². The minimum Gasteiger partial charge on any atom is -0.505 e. The molecule has 0 radical (unpaired) electrons.